The van der Waals surface area contributed by atoms with Crippen LogP contribution in [-0.2, 0) is 47.7 Å². The molecule has 0 aromatic heterocycles. The molecule has 2 unspecified atom stereocenters. The van der Waals surface area contributed by atoms with E-state index in [-0.39, 0.29) is 19.8 Å². The number of esters is 4. The van der Waals surface area contributed by atoms with Gasteiger partial charge in [0.05, 0.1) is 18.6 Å². The van der Waals surface area contributed by atoms with Crippen molar-refractivity contribution >= 4 is 29.8 Å². The molecule has 0 aromatic carbocycles. The Morgan fingerprint density at radius 2 is 1.53 bits per heavy atom. The third-order valence-electron chi connectivity index (χ3n) is 4.68. The van der Waals surface area contributed by atoms with Crippen molar-refractivity contribution < 1.29 is 52.8 Å². The summed E-state index contributed by atoms with van der Waals surface area (Å²) in [6, 6.07) is 0. The van der Waals surface area contributed by atoms with E-state index in [0.717, 1.165) is 25.7 Å². The number of hydrogen-bond acceptors (Lipinski definition) is 11. The van der Waals surface area contributed by atoms with Gasteiger partial charge in [-0.3, -0.25) is 24.0 Å². The van der Waals surface area contributed by atoms with E-state index in [4.69, 9.17) is 23.7 Å². The van der Waals surface area contributed by atoms with E-state index in [1.165, 1.54) is 14.0 Å². The minimum absolute atomic E-state index is 0.153. The van der Waals surface area contributed by atoms with Crippen LogP contribution in [0.1, 0.15) is 34.6 Å². The molecule has 1 rings (SSSR count). The SMILES string of the molecule is CCOC(=O)CN(C)C(=O)C(C)C1O[C@H](COC(C)=O)[C@@H](OC(C)=O)[C@H](OC(C)=O)[C@H]1O. The average molecular weight is 461 g/mol. The molecule has 182 valence electrons. The van der Waals surface area contributed by atoms with Gasteiger partial charge in [-0.25, -0.2) is 0 Å². The Hall–Kier alpha value is -2.73. The molecule has 1 N–H and O–H groups in total. The van der Waals surface area contributed by atoms with Crippen LogP contribution >= 0.6 is 0 Å². The van der Waals surface area contributed by atoms with Gasteiger partial charge in [-0.1, -0.05) is 6.92 Å². The van der Waals surface area contributed by atoms with Crippen LogP contribution in [0.15, 0.2) is 0 Å². The van der Waals surface area contributed by atoms with Gasteiger partial charge in [-0.2, -0.15) is 0 Å². The Morgan fingerprint density at radius 1 is 0.969 bits per heavy atom. The molecule has 0 aliphatic carbocycles. The molecule has 1 aliphatic rings. The lowest BCUT2D eigenvalue weighted by Gasteiger charge is -2.45. The fourth-order valence-corrected chi connectivity index (χ4v) is 3.33. The monoisotopic (exact) mass is 461 g/mol. The standard InChI is InChI=1S/C20H31NO11/c1-7-28-15(25)8-21(6)20(27)10(2)17-16(26)19(31-13(5)24)18(30-12(4)23)14(32-17)9-29-11(3)22/h10,14,16-19,26H,7-9H2,1-6H3/t10?,14-,16+,17?,18-,19-/m1/s1. The normalized spacial score (nSPS) is 25.8. The maximum Gasteiger partial charge on any atom is 0.325 e. The maximum absolute atomic E-state index is 12.8. The zero-order valence-electron chi connectivity index (χ0n) is 19.1. The summed E-state index contributed by atoms with van der Waals surface area (Å²) < 4.78 is 26.0. The smallest absolute Gasteiger partial charge is 0.325 e. The molecule has 0 aromatic rings. The Balaban J connectivity index is 3.17. The quantitative estimate of drug-likeness (QED) is 0.339. The summed E-state index contributed by atoms with van der Waals surface area (Å²) in [4.78, 5) is 60.1. The predicted molar refractivity (Wildman–Crippen MR) is 106 cm³/mol. The molecule has 0 radical (unpaired) electrons. The molecule has 1 aliphatic heterocycles. The Labute approximate surface area is 186 Å². The van der Waals surface area contributed by atoms with Crippen LogP contribution in [0.4, 0.5) is 0 Å². The molecule has 1 amide bonds. The highest BCUT2D eigenvalue weighted by atomic mass is 16.6. The molecule has 0 bridgehead atoms. The lowest BCUT2D eigenvalue weighted by atomic mass is 9.87. The second-order valence-electron chi connectivity index (χ2n) is 7.37. The van der Waals surface area contributed by atoms with Gasteiger partial charge in [0.1, 0.15) is 25.4 Å². The largest absolute Gasteiger partial charge is 0.465 e. The summed E-state index contributed by atoms with van der Waals surface area (Å²) in [7, 11) is 1.38. The van der Waals surface area contributed by atoms with Crippen molar-refractivity contribution in [3.8, 4) is 0 Å². The fraction of sp³-hybridized carbons (Fsp3) is 0.750. The van der Waals surface area contributed by atoms with Crippen LogP contribution < -0.4 is 0 Å². The Bertz CT molecular complexity index is 710. The molecule has 0 spiro atoms. The van der Waals surface area contributed by atoms with Gasteiger partial charge < -0.3 is 33.7 Å². The average Bonchev–Trinajstić information content (AvgIpc) is 2.68. The van der Waals surface area contributed by atoms with Crippen LogP contribution in [0, 0.1) is 5.92 Å². The summed E-state index contributed by atoms with van der Waals surface area (Å²) in [5.41, 5.74) is 0. The van der Waals surface area contributed by atoms with Crippen molar-refractivity contribution in [2.75, 3.05) is 26.8 Å². The summed E-state index contributed by atoms with van der Waals surface area (Å²) in [6.07, 6.45) is -6.61. The zero-order valence-corrected chi connectivity index (χ0v) is 19.1. The topological polar surface area (TPSA) is 155 Å². The highest BCUT2D eigenvalue weighted by Crippen LogP contribution is 2.31. The molecule has 6 atom stereocenters. The number of ether oxygens (including phenoxy) is 5. The van der Waals surface area contributed by atoms with E-state index < -0.39 is 66.2 Å². The van der Waals surface area contributed by atoms with E-state index in [0.29, 0.717) is 0 Å². The minimum Gasteiger partial charge on any atom is -0.465 e. The van der Waals surface area contributed by atoms with Gasteiger partial charge in [-0.05, 0) is 6.92 Å². The number of carbonyl (C=O) groups excluding carboxylic acids is 5. The highest BCUT2D eigenvalue weighted by molar-refractivity contribution is 5.83. The minimum atomic E-state index is -1.56. The number of carbonyl (C=O) groups is 5. The number of likely N-dealkylation sites (N-methyl/N-ethyl adjacent to an activating group) is 1. The molecule has 1 fully saturated rings. The first-order valence-electron chi connectivity index (χ1n) is 10.1. The van der Waals surface area contributed by atoms with Crippen LogP contribution in [0.5, 0.6) is 0 Å². The van der Waals surface area contributed by atoms with Gasteiger partial charge in [0.2, 0.25) is 5.91 Å². The molecule has 0 saturated carbocycles. The Morgan fingerprint density at radius 3 is 2.03 bits per heavy atom. The van der Waals surface area contributed by atoms with E-state index in [1.807, 2.05) is 0 Å². The van der Waals surface area contributed by atoms with Crippen molar-refractivity contribution in [1.82, 2.24) is 4.90 Å². The number of amides is 1. The highest BCUT2D eigenvalue weighted by Gasteiger charge is 2.52. The molecular formula is C20H31NO11. The first-order chi connectivity index (χ1) is 14.9. The van der Waals surface area contributed by atoms with Gasteiger partial charge in [0.25, 0.3) is 0 Å². The van der Waals surface area contributed by atoms with Gasteiger partial charge >= 0.3 is 23.9 Å². The number of nitrogens with zero attached hydrogens (tertiary/aromatic N) is 1. The second-order valence-corrected chi connectivity index (χ2v) is 7.37. The molecule has 32 heavy (non-hydrogen) atoms. The van der Waals surface area contributed by atoms with E-state index in [2.05, 4.69) is 0 Å². The molecule has 12 nitrogen and oxygen atoms in total. The summed E-state index contributed by atoms with van der Waals surface area (Å²) in [5.74, 6) is -4.33. The molecular weight excluding hydrogens is 430 g/mol. The Kier molecular flexibility index (Phi) is 10.5. The second kappa shape index (κ2) is 12.3. The van der Waals surface area contributed by atoms with Crippen LogP contribution in [-0.4, -0.2) is 97.1 Å². The van der Waals surface area contributed by atoms with Crippen molar-refractivity contribution in [1.29, 1.82) is 0 Å². The predicted octanol–water partition coefficient (Wildman–Crippen LogP) is -0.801. The summed E-state index contributed by atoms with van der Waals surface area (Å²) in [6.45, 7) is 5.92. The number of aliphatic hydroxyl groups excluding tert-OH is 1. The number of aliphatic hydroxyl groups is 1. The van der Waals surface area contributed by atoms with Crippen molar-refractivity contribution in [3.05, 3.63) is 0 Å². The molecule has 12 heteroatoms. The lowest BCUT2D eigenvalue weighted by molar-refractivity contribution is -0.254. The first-order valence-corrected chi connectivity index (χ1v) is 10.1. The maximum atomic E-state index is 12.8. The molecule has 1 heterocycles. The first kappa shape index (κ1) is 27.3. The van der Waals surface area contributed by atoms with Crippen molar-refractivity contribution in [2.24, 2.45) is 5.92 Å². The van der Waals surface area contributed by atoms with Crippen LogP contribution in [0.25, 0.3) is 0 Å². The summed E-state index contributed by atoms with van der Waals surface area (Å²) >= 11 is 0. The lowest BCUT2D eigenvalue weighted by Crippen LogP contribution is -2.63. The van der Waals surface area contributed by atoms with E-state index >= 15 is 0 Å². The van der Waals surface area contributed by atoms with Crippen molar-refractivity contribution in [2.45, 2.75) is 65.1 Å². The van der Waals surface area contributed by atoms with E-state index in [9.17, 15) is 29.1 Å². The number of hydrogen-bond donors (Lipinski definition) is 1. The van der Waals surface area contributed by atoms with Crippen molar-refractivity contribution in [3.63, 3.8) is 0 Å². The van der Waals surface area contributed by atoms with Gasteiger partial charge in [-0.15, -0.1) is 0 Å². The zero-order chi connectivity index (χ0) is 24.6. The molecule has 1 saturated heterocycles. The van der Waals surface area contributed by atoms with Gasteiger partial charge in [0.15, 0.2) is 12.2 Å². The van der Waals surface area contributed by atoms with Gasteiger partial charge in [0, 0.05) is 27.8 Å². The third-order valence-corrected chi connectivity index (χ3v) is 4.68. The number of rotatable bonds is 9. The summed E-state index contributed by atoms with van der Waals surface area (Å²) in [5, 5.41) is 10.9. The van der Waals surface area contributed by atoms with Crippen LogP contribution in [0.3, 0.4) is 0 Å². The third kappa shape index (κ3) is 7.75. The van der Waals surface area contributed by atoms with E-state index in [1.54, 1.807) is 6.92 Å². The van der Waals surface area contributed by atoms with Crippen LogP contribution in [0.2, 0.25) is 0 Å². The fourth-order valence-electron chi connectivity index (χ4n) is 3.33.